The van der Waals surface area contributed by atoms with Crippen molar-refractivity contribution in [3.05, 3.63) is 64.2 Å². The van der Waals surface area contributed by atoms with Crippen LogP contribution in [0.2, 0.25) is 5.02 Å². The molecule has 2 aromatic rings. The van der Waals surface area contributed by atoms with E-state index in [0.29, 0.717) is 17.7 Å². The zero-order valence-electron chi connectivity index (χ0n) is 9.48. The quantitative estimate of drug-likeness (QED) is 0.647. The summed E-state index contributed by atoms with van der Waals surface area (Å²) in [5, 5.41) is 2.74. The Kier molecular flexibility index (Phi) is 3.95. The average molecular weight is 290 g/mol. The molecule has 0 bridgehead atoms. The summed E-state index contributed by atoms with van der Waals surface area (Å²) < 4.78 is 52.0. The van der Waals surface area contributed by atoms with Crippen LogP contribution in [0.25, 0.3) is 0 Å². The zero-order chi connectivity index (χ0) is 14.0. The summed E-state index contributed by atoms with van der Waals surface area (Å²) in [6, 6.07) is 4.96. The second-order valence-electron chi connectivity index (χ2n) is 3.88. The highest BCUT2D eigenvalue weighted by Gasteiger charge is 2.09. The van der Waals surface area contributed by atoms with Crippen molar-refractivity contribution in [1.29, 1.82) is 0 Å². The summed E-state index contributed by atoms with van der Waals surface area (Å²) in [6.07, 6.45) is 0. The van der Waals surface area contributed by atoms with E-state index in [1.807, 2.05) is 0 Å². The first-order chi connectivity index (χ1) is 8.95. The van der Waals surface area contributed by atoms with E-state index in [0.717, 1.165) is 6.07 Å². The fourth-order valence-corrected chi connectivity index (χ4v) is 1.81. The van der Waals surface area contributed by atoms with Crippen LogP contribution in [0, 0.1) is 23.3 Å². The van der Waals surface area contributed by atoms with E-state index in [2.05, 4.69) is 5.32 Å². The van der Waals surface area contributed by atoms with E-state index in [-0.39, 0.29) is 17.3 Å². The molecule has 0 aliphatic carbocycles. The van der Waals surface area contributed by atoms with Crippen molar-refractivity contribution >= 4 is 17.3 Å². The minimum Gasteiger partial charge on any atom is -0.379 e. The summed E-state index contributed by atoms with van der Waals surface area (Å²) in [7, 11) is 0. The molecule has 1 N–H and O–H groups in total. The van der Waals surface area contributed by atoms with Gasteiger partial charge >= 0.3 is 0 Å². The first-order valence-corrected chi connectivity index (χ1v) is 5.67. The molecule has 2 rings (SSSR count). The van der Waals surface area contributed by atoms with Gasteiger partial charge in [0, 0.05) is 23.7 Å². The highest BCUT2D eigenvalue weighted by atomic mass is 35.5. The Hall–Kier alpha value is -1.75. The molecule has 0 unspecified atom stereocenters. The lowest BCUT2D eigenvalue weighted by molar-refractivity contribution is 0.496. The third kappa shape index (κ3) is 3.38. The number of hydrogen-bond donors (Lipinski definition) is 1. The highest BCUT2D eigenvalue weighted by Crippen LogP contribution is 2.20. The third-order valence-corrected chi connectivity index (χ3v) is 2.63. The Balaban J connectivity index is 2.16. The second kappa shape index (κ2) is 5.48. The molecule has 0 saturated carbocycles. The van der Waals surface area contributed by atoms with Crippen molar-refractivity contribution in [2.24, 2.45) is 0 Å². The van der Waals surface area contributed by atoms with Crippen LogP contribution in [0.15, 0.2) is 30.3 Å². The van der Waals surface area contributed by atoms with Crippen LogP contribution in [0.4, 0.5) is 23.2 Å². The number of nitrogens with one attached hydrogen (secondary N) is 1. The largest absolute Gasteiger partial charge is 0.379 e. The minimum atomic E-state index is -1.27. The summed E-state index contributed by atoms with van der Waals surface area (Å²) in [5.41, 5.74) is 0.244. The molecule has 0 spiro atoms. The van der Waals surface area contributed by atoms with Gasteiger partial charge in [-0.3, -0.25) is 0 Å². The predicted molar refractivity (Wildman–Crippen MR) is 65.1 cm³/mol. The van der Waals surface area contributed by atoms with Crippen LogP contribution in [-0.4, -0.2) is 0 Å². The normalized spacial score (nSPS) is 10.6. The van der Waals surface area contributed by atoms with Crippen LogP contribution in [0.5, 0.6) is 0 Å². The maximum absolute atomic E-state index is 13.3. The van der Waals surface area contributed by atoms with E-state index in [4.69, 9.17) is 11.6 Å². The average Bonchev–Trinajstić information content (AvgIpc) is 2.31. The lowest BCUT2D eigenvalue weighted by Crippen LogP contribution is -2.03. The number of rotatable bonds is 3. The maximum Gasteiger partial charge on any atom is 0.161 e. The number of benzene rings is 2. The second-order valence-corrected chi connectivity index (χ2v) is 4.31. The van der Waals surface area contributed by atoms with Gasteiger partial charge in [-0.15, -0.1) is 0 Å². The lowest BCUT2D eigenvalue weighted by atomic mass is 10.2. The number of halogens is 5. The molecule has 0 radical (unpaired) electrons. The Morgan fingerprint density at radius 3 is 2.21 bits per heavy atom. The molecule has 100 valence electrons. The molecule has 0 aliphatic heterocycles. The fraction of sp³-hybridized carbons (Fsp3) is 0.0769. The summed E-state index contributed by atoms with van der Waals surface area (Å²) in [5.74, 6) is -3.89. The van der Waals surface area contributed by atoms with Gasteiger partial charge in [-0.2, -0.15) is 0 Å². The molecule has 2 aromatic carbocycles. The van der Waals surface area contributed by atoms with Gasteiger partial charge in [-0.1, -0.05) is 11.6 Å². The van der Waals surface area contributed by atoms with Crippen molar-refractivity contribution in [2.45, 2.75) is 6.54 Å². The summed E-state index contributed by atoms with van der Waals surface area (Å²) >= 11 is 5.66. The van der Waals surface area contributed by atoms with Gasteiger partial charge in [0.05, 0.1) is 5.69 Å². The van der Waals surface area contributed by atoms with Gasteiger partial charge < -0.3 is 5.32 Å². The molecule has 6 heteroatoms. The topological polar surface area (TPSA) is 12.0 Å². The van der Waals surface area contributed by atoms with Gasteiger partial charge in [-0.25, -0.2) is 17.6 Å². The number of hydrogen-bond acceptors (Lipinski definition) is 1. The summed E-state index contributed by atoms with van der Waals surface area (Å²) in [4.78, 5) is 0. The van der Waals surface area contributed by atoms with Crippen molar-refractivity contribution in [1.82, 2.24) is 0 Å². The molecular weight excluding hydrogens is 282 g/mol. The van der Waals surface area contributed by atoms with Gasteiger partial charge in [0.1, 0.15) is 11.6 Å². The van der Waals surface area contributed by atoms with E-state index in [1.54, 1.807) is 0 Å². The minimum absolute atomic E-state index is 0.0273. The predicted octanol–water partition coefficient (Wildman–Crippen LogP) is 4.51. The Labute approximate surface area is 111 Å². The zero-order valence-corrected chi connectivity index (χ0v) is 10.2. The third-order valence-electron chi connectivity index (χ3n) is 2.42. The molecular formula is C13H8ClF4N. The van der Waals surface area contributed by atoms with Gasteiger partial charge in [0.2, 0.25) is 0 Å². The molecule has 1 nitrogen and oxygen atoms in total. The monoisotopic (exact) mass is 289 g/mol. The fourth-order valence-electron chi connectivity index (χ4n) is 1.57. The SMILES string of the molecule is Fc1cc(Cl)cc(CNc2cc(F)c(F)cc2F)c1. The Morgan fingerprint density at radius 2 is 1.53 bits per heavy atom. The van der Waals surface area contributed by atoms with Crippen LogP contribution in [-0.2, 0) is 6.54 Å². The van der Waals surface area contributed by atoms with E-state index in [1.165, 1.54) is 12.1 Å². The van der Waals surface area contributed by atoms with Crippen molar-refractivity contribution < 1.29 is 17.6 Å². The molecule has 0 heterocycles. The molecule has 19 heavy (non-hydrogen) atoms. The maximum atomic E-state index is 13.3. The molecule has 0 amide bonds. The lowest BCUT2D eigenvalue weighted by Gasteiger charge is -2.08. The van der Waals surface area contributed by atoms with Crippen molar-refractivity contribution in [3.63, 3.8) is 0 Å². The number of anilines is 1. The molecule has 0 fully saturated rings. The molecule has 0 atom stereocenters. The highest BCUT2D eigenvalue weighted by molar-refractivity contribution is 6.30. The smallest absolute Gasteiger partial charge is 0.161 e. The van der Waals surface area contributed by atoms with E-state index >= 15 is 0 Å². The summed E-state index contributed by atoms with van der Waals surface area (Å²) in [6.45, 7) is 0.0273. The standard InChI is InChI=1S/C13H8ClF4N/c14-8-1-7(2-9(15)3-8)6-19-13-5-11(17)10(16)4-12(13)18/h1-5,19H,6H2. The molecule has 0 saturated heterocycles. The van der Waals surface area contributed by atoms with Gasteiger partial charge in [-0.05, 0) is 23.8 Å². The van der Waals surface area contributed by atoms with E-state index in [9.17, 15) is 17.6 Å². The first kappa shape index (κ1) is 13.7. The van der Waals surface area contributed by atoms with Gasteiger partial charge in [0.25, 0.3) is 0 Å². The van der Waals surface area contributed by atoms with Crippen molar-refractivity contribution in [3.8, 4) is 0 Å². The van der Waals surface area contributed by atoms with Crippen LogP contribution < -0.4 is 5.32 Å². The Bertz CT molecular complexity index is 596. The first-order valence-electron chi connectivity index (χ1n) is 5.29. The van der Waals surface area contributed by atoms with Crippen LogP contribution in [0.3, 0.4) is 0 Å². The molecule has 0 aromatic heterocycles. The Morgan fingerprint density at radius 1 is 0.842 bits per heavy atom. The molecule has 0 aliphatic rings. The van der Waals surface area contributed by atoms with E-state index < -0.39 is 23.3 Å². The van der Waals surface area contributed by atoms with Gasteiger partial charge in [0.15, 0.2) is 11.6 Å². The van der Waals surface area contributed by atoms with Crippen LogP contribution >= 0.6 is 11.6 Å². The van der Waals surface area contributed by atoms with Crippen LogP contribution in [0.1, 0.15) is 5.56 Å². The van der Waals surface area contributed by atoms with Crippen molar-refractivity contribution in [2.75, 3.05) is 5.32 Å².